The highest BCUT2D eigenvalue weighted by molar-refractivity contribution is 7.97. The van der Waals surface area contributed by atoms with Gasteiger partial charge >= 0.3 is 0 Å². The average molecular weight is 371 g/mol. The zero-order chi connectivity index (χ0) is 16.8. The molecule has 3 nitrogen and oxygen atoms in total. The van der Waals surface area contributed by atoms with Crippen LogP contribution in [0.5, 0.6) is 11.5 Å². The van der Waals surface area contributed by atoms with Crippen molar-refractivity contribution in [3.8, 4) is 11.5 Å². The van der Waals surface area contributed by atoms with Crippen LogP contribution in [0.15, 0.2) is 30.3 Å². The normalized spacial score (nSPS) is 10.4. The highest BCUT2D eigenvalue weighted by atomic mass is 35.5. The van der Waals surface area contributed by atoms with Gasteiger partial charge in [-0.1, -0.05) is 29.3 Å². The summed E-state index contributed by atoms with van der Waals surface area (Å²) in [5, 5.41) is 1.13. The summed E-state index contributed by atoms with van der Waals surface area (Å²) in [7, 11) is 1.55. The van der Waals surface area contributed by atoms with Crippen LogP contribution in [0.3, 0.4) is 0 Å². The smallest absolute Gasteiger partial charge is 0.165 e. The van der Waals surface area contributed by atoms with Crippen LogP contribution in [0.1, 0.15) is 21.5 Å². The SMILES string of the molecule is COc1cc(C=O)cc(CSC)c1OCc1ccc(Cl)cc1Cl. The van der Waals surface area contributed by atoms with E-state index in [1.54, 1.807) is 37.1 Å². The van der Waals surface area contributed by atoms with Gasteiger partial charge in [0.2, 0.25) is 0 Å². The van der Waals surface area contributed by atoms with Crippen molar-refractivity contribution in [2.75, 3.05) is 13.4 Å². The van der Waals surface area contributed by atoms with E-state index in [1.807, 2.05) is 18.4 Å². The van der Waals surface area contributed by atoms with Crippen LogP contribution in [0.25, 0.3) is 0 Å². The Bertz CT molecular complexity index is 704. The molecule has 0 aliphatic carbocycles. The Hall–Kier alpha value is -1.36. The number of methoxy groups -OCH3 is 1. The van der Waals surface area contributed by atoms with Crippen molar-refractivity contribution in [2.24, 2.45) is 0 Å². The Morgan fingerprint density at radius 3 is 2.57 bits per heavy atom. The third-order valence-corrected chi connectivity index (χ3v) is 4.38. The van der Waals surface area contributed by atoms with E-state index in [4.69, 9.17) is 32.7 Å². The molecule has 0 aromatic heterocycles. The second kappa shape index (κ2) is 8.48. The maximum absolute atomic E-state index is 11.1. The number of aldehydes is 1. The maximum atomic E-state index is 11.1. The predicted octanol–water partition coefficient (Wildman–Crippen LogP) is 5.26. The van der Waals surface area contributed by atoms with Gasteiger partial charge < -0.3 is 9.47 Å². The number of carbonyl (C=O) groups excluding carboxylic acids is 1. The maximum Gasteiger partial charge on any atom is 0.165 e. The summed E-state index contributed by atoms with van der Waals surface area (Å²) >= 11 is 13.7. The van der Waals surface area contributed by atoms with Crippen LogP contribution in [0, 0.1) is 0 Å². The van der Waals surface area contributed by atoms with Gasteiger partial charge in [0, 0.05) is 32.5 Å². The highest BCUT2D eigenvalue weighted by Gasteiger charge is 2.14. The van der Waals surface area contributed by atoms with Gasteiger partial charge in [0.1, 0.15) is 12.9 Å². The van der Waals surface area contributed by atoms with Crippen LogP contribution in [0.4, 0.5) is 0 Å². The van der Waals surface area contributed by atoms with Gasteiger partial charge in [-0.3, -0.25) is 4.79 Å². The molecule has 0 heterocycles. The first-order valence-corrected chi connectivity index (χ1v) is 8.95. The quantitative estimate of drug-likeness (QED) is 0.623. The summed E-state index contributed by atoms with van der Waals surface area (Å²) in [6.45, 7) is 0.286. The molecular weight excluding hydrogens is 355 g/mol. The Morgan fingerprint density at radius 2 is 1.96 bits per heavy atom. The molecule has 0 aliphatic rings. The molecule has 0 saturated carbocycles. The lowest BCUT2D eigenvalue weighted by molar-refractivity contribution is 0.112. The van der Waals surface area contributed by atoms with Crippen LogP contribution < -0.4 is 9.47 Å². The van der Waals surface area contributed by atoms with Crippen LogP contribution in [-0.2, 0) is 12.4 Å². The van der Waals surface area contributed by atoms with Gasteiger partial charge in [0.25, 0.3) is 0 Å². The van der Waals surface area contributed by atoms with Crippen molar-refractivity contribution >= 4 is 41.2 Å². The van der Waals surface area contributed by atoms with Crippen molar-refractivity contribution in [3.05, 3.63) is 57.1 Å². The summed E-state index contributed by atoms with van der Waals surface area (Å²) in [5.41, 5.74) is 2.29. The Morgan fingerprint density at radius 1 is 1.17 bits per heavy atom. The van der Waals surface area contributed by atoms with Gasteiger partial charge in [-0.05, 0) is 30.5 Å². The van der Waals surface area contributed by atoms with Crippen LogP contribution in [-0.4, -0.2) is 19.7 Å². The minimum absolute atomic E-state index is 0.286. The van der Waals surface area contributed by atoms with Crippen molar-refractivity contribution < 1.29 is 14.3 Å². The number of thioether (sulfide) groups is 1. The van der Waals surface area contributed by atoms with Crippen LogP contribution in [0.2, 0.25) is 10.0 Å². The fourth-order valence-electron chi connectivity index (χ4n) is 2.12. The fraction of sp³-hybridized carbons (Fsp3) is 0.235. The van der Waals surface area contributed by atoms with E-state index in [0.29, 0.717) is 32.9 Å². The average Bonchev–Trinajstić information content (AvgIpc) is 2.54. The molecule has 0 spiro atoms. The lowest BCUT2D eigenvalue weighted by atomic mass is 10.1. The standard InChI is InChI=1S/C17H16Cl2O3S/c1-21-16-6-11(8-20)5-13(10-23-2)17(16)22-9-12-3-4-14(18)7-15(12)19/h3-8H,9-10H2,1-2H3. The van der Waals surface area contributed by atoms with Crippen LogP contribution >= 0.6 is 35.0 Å². The number of ether oxygens (including phenoxy) is 2. The molecule has 2 aromatic rings. The van der Waals surface area contributed by atoms with E-state index in [2.05, 4.69) is 0 Å². The molecule has 23 heavy (non-hydrogen) atoms. The topological polar surface area (TPSA) is 35.5 Å². The minimum atomic E-state index is 0.286. The number of carbonyl (C=O) groups is 1. The van der Waals surface area contributed by atoms with Gasteiger partial charge in [-0.25, -0.2) is 0 Å². The summed E-state index contributed by atoms with van der Waals surface area (Å²) in [5.74, 6) is 1.86. The molecular formula is C17H16Cl2O3S. The summed E-state index contributed by atoms with van der Waals surface area (Å²) in [4.78, 5) is 11.1. The third-order valence-electron chi connectivity index (χ3n) is 3.20. The fourth-order valence-corrected chi connectivity index (χ4v) is 3.11. The number of halogens is 2. The van der Waals surface area contributed by atoms with E-state index < -0.39 is 0 Å². The molecule has 0 atom stereocenters. The number of rotatable bonds is 7. The summed E-state index contributed by atoms with van der Waals surface area (Å²) < 4.78 is 11.3. The summed E-state index contributed by atoms with van der Waals surface area (Å²) in [6, 6.07) is 8.74. The zero-order valence-corrected chi connectivity index (χ0v) is 15.1. The van der Waals surface area contributed by atoms with E-state index >= 15 is 0 Å². The molecule has 0 fully saturated rings. The largest absolute Gasteiger partial charge is 0.493 e. The van der Waals surface area contributed by atoms with Crippen molar-refractivity contribution in [2.45, 2.75) is 12.4 Å². The monoisotopic (exact) mass is 370 g/mol. The zero-order valence-electron chi connectivity index (χ0n) is 12.8. The lowest BCUT2D eigenvalue weighted by Gasteiger charge is -2.16. The molecule has 0 amide bonds. The molecule has 0 radical (unpaired) electrons. The van der Waals surface area contributed by atoms with E-state index in [1.165, 1.54) is 0 Å². The molecule has 0 saturated heterocycles. The van der Waals surface area contributed by atoms with E-state index in [9.17, 15) is 4.79 Å². The first-order valence-electron chi connectivity index (χ1n) is 6.80. The second-order valence-corrected chi connectivity index (χ2v) is 6.50. The molecule has 0 N–H and O–H groups in total. The molecule has 2 aromatic carbocycles. The number of hydrogen-bond donors (Lipinski definition) is 0. The Balaban J connectivity index is 2.31. The number of benzene rings is 2. The Kier molecular flexibility index (Phi) is 6.63. The van der Waals surface area contributed by atoms with Gasteiger partial charge in [0.05, 0.1) is 7.11 Å². The minimum Gasteiger partial charge on any atom is -0.493 e. The predicted molar refractivity (Wildman–Crippen MR) is 96.4 cm³/mol. The van der Waals surface area contributed by atoms with Crippen molar-refractivity contribution in [1.29, 1.82) is 0 Å². The molecule has 0 bridgehead atoms. The third kappa shape index (κ3) is 4.56. The molecule has 2 rings (SSSR count). The first-order chi connectivity index (χ1) is 11.1. The van der Waals surface area contributed by atoms with Gasteiger partial charge in [-0.2, -0.15) is 11.8 Å². The number of hydrogen-bond acceptors (Lipinski definition) is 4. The van der Waals surface area contributed by atoms with Crippen molar-refractivity contribution in [3.63, 3.8) is 0 Å². The van der Waals surface area contributed by atoms with Crippen molar-refractivity contribution in [1.82, 2.24) is 0 Å². The second-order valence-electron chi connectivity index (χ2n) is 4.79. The molecule has 0 unspecified atom stereocenters. The first kappa shape index (κ1) is 18.0. The molecule has 0 aliphatic heterocycles. The van der Waals surface area contributed by atoms with E-state index in [0.717, 1.165) is 17.4 Å². The lowest BCUT2D eigenvalue weighted by Crippen LogP contribution is -2.02. The van der Waals surface area contributed by atoms with E-state index in [-0.39, 0.29) is 6.61 Å². The summed E-state index contributed by atoms with van der Waals surface area (Å²) in [6.07, 6.45) is 2.78. The Labute approximate surface area is 149 Å². The highest BCUT2D eigenvalue weighted by Crippen LogP contribution is 2.35. The molecule has 122 valence electrons. The van der Waals surface area contributed by atoms with Gasteiger partial charge in [-0.15, -0.1) is 0 Å². The molecule has 6 heteroatoms. The van der Waals surface area contributed by atoms with Gasteiger partial charge in [0.15, 0.2) is 11.5 Å².